The van der Waals surface area contributed by atoms with E-state index < -0.39 is 0 Å². The standard InChI is InChI=1S/C19H26N4O2/c1-15-4-6-16(7-5-15)14-22-10-3-11-23(13-12-22)19(25)17-8-9-18(24)21(2)20-17/h4-7H,3,8-14H2,1-2H3. The monoisotopic (exact) mass is 342 g/mol. The first-order valence-electron chi connectivity index (χ1n) is 8.94. The third kappa shape index (κ3) is 4.45. The van der Waals surface area contributed by atoms with Crippen LogP contribution in [0.1, 0.15) is 30.4 Å². The van der Waals surface area contributed by atoms with Crippen LogP contribution in [0.25, 0.3) is 0 Å². The van der Waals surface area contributed by atoms with E-state index in [1.54, 1.807) is 7.05 Å². The predicted octanol–water partition coefficient (Wildman–Crippen LogP) is 1.64. The molecule has 2 heterocycles. The van der Waals surface area contributed by atoms with Gasteiger partial charge in [-0.05, 0) is 18.9 Å². The first-order chi connectivity index (χ1) is 12.0. The average Bonchev–Trinajstić information content (AvgIpc) is 2.84. The van der Waals surface area contributed by atoms with E-state index in [9.17, 15) is 9.59 Å². The van der Waals surface area contributed by atoms with Crippen molar-refractivity contribution < 1.29 is 9.59 Å². The molecule has 2 aliphatic rings. The molecule has 6 nitrogen and oxygen atoms in total. The highest BCUT2D eigenvalue weighted by atomic mass is 16.2. The molecule has 1 aromatic carbocycles. The Hall–Kier alpha value is -2.21. The van der Waals surface area contributed by atoms with Gasteiger partial charge >= 0.3 is 0 Å². The summed E-state index contributed by atoms with van der Waals surface area (Å²) >= 11 is 0. The lowest BCUT2D eigenvalue weighted by Crippen LogP contribution is -2.42. The van der Waals surface area contributed by atoms with Gasteiger partial charge in [-0.25, -0.2) is 5.01 Å². The molecule has 2 amide bonds. The molecule has 0 atom stereocenters. The molecule has 0 bridgehead atoms. The van der Waals surface area contributed by atoms with Crippen molar-refractivity contribution >= 4 is 17.5 Å². The summed E-state index contributed by atoms with van der Waals surface area (Å²) in [4.78, 5) is 28.5. The average molecular weight is 342 g/mol. The Bertz CT molecular complexity index is 669. The smallest absolute Gasteiger partial charge is 0.270 e. The summed E-state index contributed by atoms with van der Waals surface area (Å²) in [6.07, 6.45) is 1.78. The van der Waals surface area contributed by atoms with E-state index in [1.165, 1.54) is 16.1 Å². The van der Waals surface area contributed by atoms with Gasteiger partial charge in [0.2, 0.25) is 5.91 Å². The highest BCUT2D eigenvalue weighted by Crippen LogP contribution is 2.13. The number of hydrazone groups is 1. The maximum absolute atomic E-state index is 12.7. The third-order valence-corrected chi connectivity index (χ3v) is 4.86. The summed E-state index contributed by atoms with van der Waals surface area (Å²) in [6.45, 7) is 6.32. The van der Waals surface area contributed by atoms with Gasteiger partial charge in [-0.3, -0.25) is 14.5 Å². The second-order valence-electron chi connectivity index (χ2n) is 6.87. The van der Waals surface area contributed by atoms with Crippen molar-refractivity contribution in [1.29, 1.82) is 0 Å². The van der Waals surface area contributed by atoms with Gasteiger partial charge in [-0.1, -0.05) is 29.8 Å². The van der Waals surface area contributed by atoms with Crippen molar-refractivity contribution in [2.75, 3.05) is 33.2 Å². The van der Waals surface area contributed by atoms with E-state index in [4.69, 9.17) is 0 Å². The SMILES string of the molecule is Cc1ccc(CN2CCCN(C(=O)C3=NN(C)C(=O)CC3)CC2)cc1. The van der Waals surface area contributed by atoms with Crippen LogP contribution in [-0.4, -0.2) is 65.6 Å². The molecule has 1 aromatic rings. The van der Waals surface area contributed by atoms with Gasteiger partial charge in [-0.2, -0.15) is 5.10 Å². The Labute approximate surface area is 149 Å². The van der Waals surface area contributed by atoms with Gasteiger partial charge in [0.1, 0.15) is 5.71 Å². The van der Waals surface area contributed by atoms with Crippen molar-refractivity contribution in [3.63, 3.8) is 0 Å². The summed E-state index contributed by atoms with van der Waals surface area (Å²) in [6, 6.07) is 8.63. The number of carbonyl (C=O) groups is 2. The highest BCUT2D eigenvalue weighted by molar-refractivity contribution is 6.39. The zero-order valence-corrected chi connectivity index (χ0v) is 15.1. The molecule has 0 radical (unpaired) electrons. The van der Waals surface area contributed by atoms with Crippen molar-refractivity contribution in [1.82, 2.24) is 14.8 Å². The van der Waals surface area contributed by atoms with Gasteiger partial charge in [0.05, 0.1) is 0 Å². The molecule has 0 aliphatic carbocycles. The fraction of sp³-hybridized carbons (Fsp3) is 0.526. The van der Waals surface area contributed by atoms with Crippen LogP contribution in [-0.2, 0) is 16.1 Å². The Kier molecular flexibility index (Phi) is 5.48. The second-order valence-corrected chi connectivity index (χ2v) is 6.87. The van der Waals surface area contributed by atoms with E-state index in [0.29, 0.717) is 25.1 Å². The fourth-order valence-corrected chi connectivity index (χ4v) is 3.29. The van der Waals surface area contributed by atoms with E-state index in [-0.39, 0.29) is 11.8 Å². The van der Waals surface area contributed by atoms with E-state index >= 15 is 0 Å². The highest BCUT2D eigenvalue weighted by Gasteiger charge is 2.27. The van der Waals surface area contributed by atoms with Gasteiger partial charge in [0, 0.05) is 52.6 Å². The Morgan fingerprint density at radius 2 is 1.84 bits per heavy atom. The second kappa shape index (κ2) is 7.78. The molecule has 0 spiro atoms. The third-order valence-electron chi connectivity index (χ3n) is 4.86. The maximum Gasteiger partial charge on any atom is 0.270 e. The summed E-state index contributed by atoms with van der Waals surface area (Å²) in [5.74, 6) is -0.0479. The molecule has 2 aliphatic heterocycles. The number of benzene rings is 1. The molecule has 1 fully saturated rings. The summed E-state index contributed by atoms with van der Waals surface area (Å²) in [5, 5.41) is 5.45. The minimum Gasteiger partial charge on any atom is -0.336 e. The van der Waals surface area contributed by atoms with Gasteiger partial charge < -0.3 is 4.90 Å². The zero-order valence-electron chi connectivity index (χ0n) is 15.1. The van der Waals surface area contributed by atoms with Gasteiger partial charge in [0.15, 0.2) is 0 Å². The number of nitrogens with zero attached hydrogens (tertiary/aromatic N) is 4. The van der Waals surface area contributed by atoms with Crippen LogP contribution in [0.2, 0.25) is 0 Å². The van der Waals surface area contributed by atoms with E-state index in [2.05, 4.69) is 41.2 Å². The van der Waals surface area contributed by atoms with Crippen LogP contribution in [0.3, 0.4) is 0 Å². The first kappa shape index (κ1) is 17.6. The molecule has 3 rings (SSSR count). The molecule has 0 N–H and O–H groups in total. The van der Waals surface area contributed by atoms with Crippen LogP contribution >= 0.6 is 0 Å². The molecule has 6 heteroatoms. The van der Waals surface area contributed by atoms with Crippen LogP contribution in [0.15, 0.2) is 29.4 Å². The molecule has 25 heavy (non-hydrogen) atoms. The Morgan fingerprint density at radius 1 is 1.08 bits per heavy atom. The lowest BCUT2D eigenvalue weighted by atomic mass is 10.1. The summed E-state index contributed by atoms with van der Waals surface area (Å²) in [5.41, 5.74) is 3.09. The predicted molar refractivity (Wildman–Crippen MR) is 97.1 cm³/mol. The minimum absolute atomic E-state index is 0.0171. The Balaban J connectivity index is 1.58. The number of amides is 2. The molecular weight excluding hydrogens is 316 g/mol. The number of rotatable bonds is 3. The van der Waals surface area contributed by atoms with Crippen molar-refractivity contribution in [2.24, 2.45) is 5.10 Å². The maximum atomic E-state index is 12.7. The topological polar surface area (TPSA) is 56.2 Å². The van der Waals surface area contributed by atoms with E-state index in [0.717, 1.165) is 32.6 Å². The van der Waals surface area contributed by atoms with Crippen LogP contribution in [0.4, 0.5) is 0 Å². The number of hydrogen-bond acceptors (Lipinski definition) is 4. The molecule has 0 saturated carbocycles. The Morgan fingerprint density at radius 3 is 2.56 bits per heavy atom. The van der Waals surface area contributed by atoms with Gasteiger partial charge in [-0.15, -0.1) is 0 Å². The lowest BCUT2D eigenvalue weighted by Gasteiger charge is -2.25. The summed E-state index contributed by atoms with van der Waals surface area (Å²) < 4.78 is 0. The lowest BCUT2D eigenvalue weighted by molar-refractivity contribution is -0.130. The minimum atomic E-state index is -0.0308. The van der Waals surface area contributed by atoms with Crippen molar-refractivity contribution in [3.05, 3.63) is 35.4 Å². The molecule has 0 unspecified atom stereocenters. The van der Waals surface area contributed by atoms with Crippen LogP contribution in [0.5, 0.6) is 0 Å². The van der Waals surface area contributed by atoms with Gasteiger partial charge in [0.25, 0.3) is 5.91 Å². The number of hydrogen-bond donors (Lipinski definition) is 0. The molecular formula is C19H26N4O2. The quantitative estimate of drug-likeness (QED) is 0.839. The summed E-state index contributed by atoms with van der Waals surface area (Å²) in [7, 11) is 1.61. The molecule has 0 aromatic heterocycles. The molecule has 1 saturated heterocycles. The number of carbonyl (C=O) groups excluding carboxylic acids is 2. The largest absolute Gasteiger partial charge is 0.336 e. The number of aryl methyl sites for hydroxylation is 1. The van der Waals surface area contributed by atoms with E-state index in [1.807, 2.05) is 4.90 Å². The zero-order chi connectivity index (χ0) is 17.8. The normalized spacial score (nSPS) is 19.6. The first-order valence-corrected chi connectivity index (χ1v) is 8.94. The molecule has 134 valence electrons. The fourth-order valence-electron chi connectivity index (χ4n) is 3.29. The van der Waals surface area contributed by atoms with Crippen LogP contribution in [0, 0.1) is 6.92 Å². The van der Waals surface area contributed by atoms with Crippen molar-refractivity contribution in [2.45, 2.75) is 32.7 Å². The van der Waals surface area contributed by atoms with Crippen molar-refractivity contribution in [3.8, 4) is 0 Å². The van der Waals surface area contributed by atoms with Crippen LogP contribution < -0.4 is 0 Å².